The van der Waals surface area contributed by atoms with Crippen molar-refractivity contribution in [2.75, 3.05) is 5.32 Å². The topological polar surface area (TPSA) is 55.1 Å². The van der Waals surface area contributed by atoms with Crippen LogP contribution in [0.2, 0.25) is 5.02 Å². The van der Waals surface area contributed by atoms with Gasteiger partial charge >= 0.3 is 0 Å². The molecule has 0 aliphatic heterocycles. The minimum atomic E-state index is -0.245. The first-order valence-electron chi connectivity index (χ1n) is 5.25. The van der Waals surface area contributed by atoms with E-state index in [1.54, 1.807) is 19.1 Å². The van der Waals surface area contributed by atoms with Crippen molar-refractivity contribution < 1.29 is 4.79 Å². The highest BCUT2D eigenvalue weighted by molar-refractivity contribution is 7.80. The van der Waals surface area contributed by atoms with Crippen LogP contribution in [0.5, 0.6) is 0 Å². The molecule has 92 valence electrons. The highest BCUT2D eigenvalue weighted by atomic mass is 35.5. The van der Waals surface area contributed by atoms with Crippen molar-refractivity contribution in [3.8, 4) is 0 Å². The quantitative estimate of drug-likeness (QED) is 0.827. The molecular weight excluding hydrogens is 256 g/mol. The average molecular weight is 271 g/mol. The van der Waals surface area contributed by atoms with Crippen LogP contribution in [-0.4, -0.2) is 10.9 Å². The molecule has 0 aromatic heterocycles. The van der Waals surface area contributed by atoms with E-state index in [2.05, 4.69) is 5.32 Å². The lowest BCUT2D eigenvalue weighted by Crippen LogP contribution is -2.25. The standard InChI is InChI=1S/C12H15ClN2OS/c1-7-3-4-9(13)6-10(7)15-12(16)8(2)5-11(14)17/h3-4,6,8H,5H2,1-2H3,(H2,14,17)(H,15,16). The predicted molar refractivity (Wildman–Crippen MR) is 75.4 cm³/mol. The van der Waals surface area contributed by atoms with E-state index in [0.717, 1.165) is 11.3 Å². The molecule has 3 nitrogen and oxygen atoms in total. The molecule has 0 radical (unpaired) electrons. The molecule has 5 heteroatoms. The molecule has 1 rings (SSSR count). The first-order chi connectivity index (χ1) is 7.90. The van der Waals surface area contributed by atoms with Crippen molar-refractivity contribution in [3.63, 3.8) is 0 Å². The number of aryl methyl sites for hydroxylation is 1. The number of nitrogens with two attached hydrogens (primary N) is 1. The fraction of sp³-hybridized carbons (Fsp3) is 0.333. The van der Waals surface area contributed by atoms with Gasteiger partial charge in [-0.25, -0.2) is 0 Å². The smallest absolute Gasteiger partial charge is 0.227 e. The van der Waals surface area contributed by atoms with Crippen molar-refractivity contribution in [1.82, 2.24) is 0 Å². The van der Waals surface area contributed by atoms with E-state index in [1.807, 2.05) is 13.0 Å². The molecule has 0 bridgehead atoms. The Morgan fingerprint density at radius 1 is 1.59 bits per heavy atom. The minimum Gasteiger partial charge on any atom is -0.393 e. The fourth-order valence-corrected chi connectivity index (χ4v) is 1.80. The SMILES string of the molecule is Cc1ccc(Cl)cc1NC(=O)C(C)CC(N)=S. The highest BCUT2D eigenvalue weighted by Gasteiger charge is 2.14. The van der Waals surface area contributed by atoms with Crippen LogP contribution in [-0.2, 0) is 4.79 Å². The predicted octanol–water partition coefficient (Wildman–Crippen LogP) is 2.90. The molecule has 0 saturated carbocycles. The van der Waals surface area contributed by atoms with Gasteiger partial charge in [0.05, 0.1) is 4.99 Å². The summed E-state index contributed by atoms with van der Waals surface area (Å²) < 4.78 is 0. The second-order valence-corrected chi connectivity index (χ2v) is 4.98. The van der Waals surface area contributed by atoms with Crippen LogP contribution in [0.1, 0.15) is 18.9 Å². The van der Waals surface area contributed by atoms with Gasteiger partial charge in [0.25, 0.3) is 0 Å². The molecule has 1 unspecified atom stereocenters. The summed E-state index contributed by atoms with van der Waals surface area (Å²) in [5, 5.41) is 3.41. The molecule has 0 aliphatic carbocycles. The normalized spacial score (nSPS) is 11.9. The third kappa shape index (κ3) is 4.32. The van der Waals surface area contributed by atoms with Crippen LogP contribution in [0.4, 0.5) is 5.69 Å². The first-order valence-corrected chi connectivity index (χ1v) is 6.04. The number of nitrogens with one attached hydrogen (secondary N) is 1. The molecule has 3 N–H and O–H groups in total. The Labute approximate surface area is 111 Å². The van der Waals surface area contributed by atoms with Crippen LogP contribution >= 0.6 is 23.8 Å². The van der Waals surface area contributed by atoms with E-state index in [1.165, 1.54) is 0 Å². The van der Waals surface area contributed by atoms with Gasteiger partial charge in [0.2, 0.25) is 5.91 Å². The Bertz CT molecular complexity index is 448. The molecule has 0 saturated heterocycles. The molecular formula is C12H15ClN2OS. The lowest BCUT2D eigenvalue weighted by atomic mass is 10.1. The Balaban J connectivity index is 2.73. The number of carbonyl (C=O) groups is 1. The van der Waals surface area contributed by atoms with Gasteiger partial charge in [-0.15, -0.1) is 0 Å². The number of benzene rings is 1. The number of anilines is 1. The summed E-state index contributed by atoms with van der Waals surface area (Å²) in [4.78, 5) is 12.2. The molecule has 0 spiro atoms. The first kappa shape index (κ1) is 13.9. The molecule has 17 heavy (non-hydrogen) atoms. The maximum absolute atomic E-state index is 11.8. The van der Waals surface area contributed by atoms with E-state index < -0.39 is 0 Å². The number of thiocarbonyl (C=S) groups is 1. The number of hydrogen-bond acceptors (Lipinski definition) is 2. The fourth-order valence-electron chi connectivity index (χ4n) is 1.38. The maximum Gasteiger partial charge on any atom is 0.227 e. The summed E-state index contributed by atoms with van der Waals surface area (Å²) in [5.41, 5.74) is 7.09. The lowest BCUT2D eigenvalue weighted by Gasteiger charge is -2.13. The molecule has 1 amide bonds. The van der Waals surface area contributed by atoms with Crippen LogP contribution < -0.4 is 11.1 Å². The minimum absolute atomic E-state index is 0.108. The van der Waals surface area contributed by atoms with Gasteiger partial charge in [-0.2, -0.15) is 0 Å². The van der Waals surface area contributed by atoms with Crippen molar-refractivity contribution >= 4 is 40.4 Å². The van der Waals surface area contributed by atoms with Crippen LogP contribution in [0.15, 0.2) is 18.2 Å². The average Bonchev–Trinajstić information content (AvgIpc) is 2.22. The molecule has 0 fully saturated rings. The van der Waals surface area contributed by atoms with Crippen LogP contribution in [0.3, 0.4) is 0 Å². The van der Waals surface area contributed by atoms with Crippen molar-refractivity contribution in [2.24, 2.45) is 11.7 Å². The second-order valence-electron chi connectivity index (χ2n) is 4.02. The number of hydrogen-bond donors (Lipinski definition) is 2. The van der Waals surface area contributed by atoms with Crippen LogP contribution in [0.25, 0.3) is 0 Å². The summed E-state index contributed by atoms with van der Waals surface area (Å²) >= 11 is 10.7. The Kier molecular flexibility index (Phi) is 4.90. The Morgan fingerprint density at radius 3 is 2.82 bits per heavy atom. The molecule has 0 aliphatic rings. The summed E-state index contributed by atoms with van der Waals surface area (Å²) in [6.45, 7) is 3.69. The number of amides is 1. The number of halogens is 1. The second kappa shape index (κ2) is 5.98. The molecule has 1 aromatic rings. The largest absolute Gasteiger partial charge is 0.393 e. The summed E-state index contributed by atoms with van der Waals surface area (Å²) in [6, 6.07) is 5.36. The van der Waals surface area contributed by atoms with Crippen LogP contribution in [0, 0.1) is 12.8 Å². The van der Waals surface area contributed by atoms with Gasteiger partial charge < -0.3 is 11.1 Å². The Morgan fingerprint density at radius 2 is 2.24 bits per heavy atom. The van der Waals surface area contributed by atoms with Crippen molar-refractivity contribution in [3.05, 3.63) is 28.8 Å². The van der Waals surface area contributed by atoms with E-state index in [0.29, 0.717) is 16.4 Å². The summed E-state index contributed by atoms with van der Waals surface area (Å²) in [7, 11) is 0. The number of carbonyl (C=O) groups excluding carboxylic acids is 1. The van der Waals surface area contributed by atoms with E-state index >= 15 is 0 Å². The molecule has 1 aromatic carbocycles. The van der Waals surface area contributed by atoms with E-state index in [9.17, 15) is 4.79 Å². The third-order valence-electron chi connectivity index (χ3n) is 2.41. The highest BCUT2D eigenvalue weighted by Crippen LogP contribution is 2.21. The van der Waals surface area contributed by atoms with Gasteiger partial charge in [-0.05, 0) is 24.6 Å². The van der Waals surface area contributed by atoms with Crippen molar-refractivity contribution in [2.45, 2.75) is 20.3 Å². The Hall–Kier alpha value is -1.13. The summed E-state index contributed by atoms with van der Waals surface area (Å²) in [5.74, 6) is -0.353. The van der Waals surface area contributed by atoms with Gasteiger partial charge in [-0.1, -0.05) is 36.8 Å². The maximum atomic E-state index is 11.8. The zero-order valence-corrected chi connectivity index (χ0v) is 11.4. The van der Waals surface area contributed by atoms with Gasteiger partial charge in [-0.3, -0.25) is 4.79 Å². The zero-order chi connectivity index (χ0) is 13.0. The van der Waals surface area contributed by atoms with E-state index in [4.69, 9.17) is 29.6 Å². The number of rotatable bonds is 4. The van der Waals surface area contributed by atoms with Gasteiger partial charge in [0.1, 0.15) is 0 Å². The van der Waals surface area contributed by atoms with Gasteiger partial charge in [0, 0.05) is 23.0 Å². The lowest BCUT2D eigenvalue weighted by molar-refractivity contribution is -0.119. The van der Waals surface area contributed by atoms with Crippen molar-refractivity contribution in [1.29, 1.82) is 0 Å². The monoisotopic (exact) mass is 270 g/mol. The third-order valence-corrected chi connectivity index (χ3v) is 2.81. The molecule has 0 heterocycles. The van der Waals surface area contributed by atoms with E-state index in [-0.39, 0.29) is 11.8 Å². The summed E-state index contributed by atoms with van der Waals surface area (Å²) in [6.07, 6.45) is 0.404. The zero-order valence-electron chi connectivity index (χ0n) is 9.79. The molecule has 1 atom stereocenters. The van der Waals surface area contributed by atoms with Gasteiger partial charge in [0.15, 0.2) is 0 Å².